The second-order valence-electron chi connectivity index (χ2n) is 4.23. The van der Waals surface area contributed by atoms with Crippen LogP contribution in [0.4, 0.5) is 0 Å². The van der Waals surface area contributed by atoms with E-state index in [4.69, 9.17) is 5.73 Å². The van der Waals surface area contributed by atoms with E-state index in [1.165, 1.54) is 5.56 Å². The van der Waals surface area contributed by atoms with E-state index in [0.717, 1.165) is 28.5 Å². The van der Waals surface area contributed by atoms with E-state index < -0.39 is 0 Å². The van der Waals surface area contributed by atoms with Gasteiger partial charge < -0.3 is 5.73 Å². The molecule has 0 unspecified atom stereocenters. The number of hydrogen-bond acceptors (Lipinski definition) is 4. The Labute approximate surface area is 115 Å². The van der Waals surface area contributed by atoms with E-state index in [1.807, 2.05) is 35.7 Å². The maximum Gasteiger partial charge on any atom is 0.191 e. The van der Waals surface area contributed by atoms with E-state index in [-0.39, 0.29) is 0 Å². The Hall–Kier alpha value is -1.98. The quantitative estimate of drug-likeness (QED) is 0.765. The third-order valence-electron chi connectivity index (χ3n) is 2.97. The number of hydrogen-bond donors (Lipinski definition) is 2. The molecule has 3 aromatic rings. The summed E-state index contributed by atoms with van der Waals surface area (Å²) in [6.45, 7) is 0.544. The van der Waals surface area contributed by atoms with E-state index >= 15 is 0 Å². The number of aromatic nitrogens is 3. The summed E-state index contributed by atoms with van der Waals surface area (Å²) in [6, 6.07) is 12.2. The molecule has 0 spiro atoms. The molecule has 1 aromatic carbocycles. The Morgan fingerprint density at radius 1 is 1.11 bits per heavy atom. The summed E-state index contributed by atoms with van der Waals surface area (Å²) in [7, 11) is 0. The van der Waals surface area contributed by atoms with Gasteiger partial charge in [0.1, 0.15) is 5.82 Å². The smallest absolute Gasteiger partial charge is 0.191 e. The van der Waals surface area contributed by atoms with Crippen molar-refractivity contribution in [2.45, 2.75) is 13.0 Å². The highest BCUT2D eigenvalue weighted by molar-refractivity contribution is 7.13. The highest BCUT2D eigenvalue weighted by Gasteiger charge is 2.08. The van der Waals surface area contributed by atoms with Crippen LogP contribution in [0.5, 0.6) is 0 Å². The van der Waals surface area contributed by atoms with Crippen LogP contribution in [-0.4, -0.2) is 15.2 Å². The van der Waals surface area contributed by atoms with Crippen LogP contribution in [0.1, 0.15) is 17.0 Å². The third kappa shape index (κ3) is 2.57. The average Bonchev–Trinajstić information content (AvgIpc) is 3.09. The standard InChI is InChI=1S/C14H14N4S/c15-9-11-5-2-1-4-10(11)8-13-16-14(18-17-13)12-6-3-7-19-12/h1-7H,8-9,15H2,(H,16,17,18). The summed E-state index contributed by atoms with van der Waals surface area (Å²) < 4.78 is 0. The molecule has 3 rings (SSSR count). The molecule has 0 aliphatic heterocycles. The van der Waals surface area contributed by atoms with Crippen molar-refractivity contribution < 1.29 is 0 Å². The zero-order valence-electron chi connectivity index (χ0n) is 10.3. The van der Waals surface area contributed by atoms with Gasteiger partial charge >= 0.3 is 0 Å². The molecule has 0 saturated carbocycles. The number of nitrogens with zero attached hydrogens (tertiary/aromatic N) is 2. The van der Waals surface area contributed by atoms with Crippen LogP contribution in [0.3, 0.4) is 0 Å². The molecule has 0 bridgehead atoms. The molecule has 0 amide bonds. The first-order valence-electron chi connectivity index (χ1n) is 6.09. The molecule has 4 nitrogen and oxygen atoms in total. The number of H-pyrrole nitrogens is 1. The Bertz CT molecular complexity index is 658. The molecule has 2 aromatic heterocycles. The minimum atomic E-state index is 0.544. The van der Waals surface area contributed by atoms with E-state index in [1.54, 1.807) is 11.3 Å². The topological polar surface area (TPSA) is 67.6 Å². The number of nitrogens with one attached hydrogen (secondary N) is 1. The normalized spacial score (nSPS) is 10.8. The number of benzene rings is 1. The van der Waals surface area contributed by atoms with Gasteiger partial charge in [0.05, 0.1) is 4.88 Å². The van der Waals surface area contributed by atoms with Gasteiger partial charge in [-0.3, -0.25) is 5.10 Å². The highest BCUT2D eigenvalue weighted by atomic mass is 32.1. The summed E-state index contributed by atoms with van der Waals surface area (Å²) in [5, 5.41) is 9.27. The van der Waals surface area contributed by atoms with Crippen molar-refractivity contribution >= 4 is 11.3 Å². The number of nitrogens with two attached hydrogens (primary N) is 1. The highest BCUT2D eigenvalue weighted by Crippen LogP contribution is 2.21. The molecule has 0 aliphatic rings. The van der Waals surface area contributed by atoms with E-state index in [0.29, 0.717) is 6.54 Å². The first-order valence-corrected chi connectivity index (χ1v) is 6.97. The average molecular weight is 270 g/mol. The molecule has 0 atom stereocenters. The molecule has 0 aliphatic carbocycles. The molecular formula is C14H14N4S. The van der Waals surface area contributed by atoms with E-state index in [2.05, 4.69) is 21.2 Å². The van der Waals surface area contributed by atoms with Gasteiger partial charge in [0.15, 0.2) is 5.82 Å². The molecule has 0 radical (unpaired) electrons. The van der Waals surface area contributed by atoms with Crippen molar-refractivity contribution in [2.75, 3.05) is 0 Å². The minimum absolute atomic E-state index is 0.544. The SMILES string of the molecule is NCc1ccccc1Cc1nc(-c2cccs2)n[nH]1. The van der Waals surface area contributed by atoms with Gasteiger partial charge in [0, 0.05) is 13.0 Å². The Kier molecular flexibility index (Phi) is 3.39. The predicted molar refractivity (Wildman–Crippen MR) is 76.8 cm³/mol. The lowest BCUT2D eigenvalue weighted by Crippen LogP contribution is -2.02. The van der Waals surface area contributed by atoms with Crippen LogP contribution in [0.15, 0.2) is 41.8 Å². The van der Waals surface area contributed by atoms with Gasteiger partial charge in [-0.15, -0.1) is 11.3 Å². The van der Waals surface area contributed by atoms with Crippen molar-refractivity contribution in [2.24, 2.45) is 5.73 Å². The summed E-state index contributed by atoms with van der Waals surface area (Å²) in [4.78, 5) is 5.60. The Balaban J connectivity index is 1.84. The molecule has 5 heteroatoms. The van der Waals surface area contributed by atoms with Crippen molar-refractivity contribution in [3.05, 3.63) is 58.7 Å². The predicted octanol–water partition coefficient (Wildman–Crippen LogP) is 2.58. The van der Waals surface area contributed by atoms with Crippen LogP contribution < -0.4 is 5.73 Å². The maximum atomic E-state index is 5.74. The van der Waals surface area contributed by atoms with Gasteiger partial charge in [-0.05, 0) is 22.6 Å². The van der Waals surface area contributed by atoms with Crippen molar-refractivity contribution in [1.29, 1.82) is 0 Å². The molecule has 3 N–H and O–H groups in total. The van der Waals surface area contributed by atoms with Crippen molar-refractivity contribution in [3.8, 4) is 10.7 Å². The van der Waals surface area contributed by atoms with Crippen LogP contribution >= 0.6 is 11.3 Å². The van der Waals surface area contributed by atoms with Crippen molar-refractivity contribution in [1.82, 2.24) is 15.2 Å². The first-order chi connectivity index (χ1) is 9.36. The molecule has 19 heavy (non-hydrogen) atoms. The Morgan fingerprint density at radius 2 is 1.95 bits per heavy atom. The molecule has 0 saturated heterocycles. The summed E-state index contributed by atoms with van der Waals surface area (Å²) in [6.07, 6.45) is 0.728. The third-order valence-corrected chi connectivity index (χ3v) is 3.84. The van der Waals surface area contributed by atoms with Gasteiger partial charge in [-0.1, -0.05) is 30.3 Å². The fraction of sp³-hybridized carbons (Fsp3) is 0.143. The molecular weight excluding hydrogens is 256 g/mol. The molecule has 96 valence electrons. The summed E-state index contributed by atoms with van der Waals surface area (Å²) >= 11 is 1.64. The van der Waals surface area contributed by atoms with Crippen LogP contribution in [-0.2, 0) is 13.0 Å². The maximum absolute atomic E-state index is 5.74. The van der Waals surface area contributed by atoms with Crippen LogP contribution in [0.2, 0.25) is 0 Å². The lowest BCUT2D eigenvalue weighted by Gasteiger charge is -2.04. The van der Waals surface area contributed by atoms with E-state index in [9.17, 15) is 0 Å². The Morgan fingerprint density at radius 3 is 2.68 bits per heavy atom. The van der Waals surface area contributed by atoms with Crippen LogP contribution in [0, 0.1) is 0 Å². The van der Waals surface area contributed by atoms with Gasteiger partial charge in [0.25, 0.3) is 0 Å². The molecule has 0 fully saturated rings. The fourth-order valence-corrected chi connectivity index (χ4v) is 2.66. The lowest BCUT2D eigenvalue weighted by atomic mass is 10.0. The number of aromatic amines is 1. The summed E-state index contributed by atoms with van der Waals surface area (Å²) in [5.74, 6) is 1.62. The largest absolute Gasteiger partial charge is 0.326 e. The number of thiophene rings is 1. The van der Waals surface area contributed by atoms with Gasteiger partial charge in [0.2, 0.25) is 0 Å². The zero-order valence-corrected chi connectivity index (χ0v) is 11.2. The second-order valence-corrected chi connectivity index (χ2v) is 5.18. The van der Waals surface area contributed by atoms with Crippen LogP contribution in [0.25, 0.3) is 10.7 Å². The fourth-order valence-electron chi connectivity index (χ4n) is 2.00. The van der Waals surface area contributed by atoms with Gasteiger partial charge in [-0.25, -0.2) is 4.98 Å². The second kappa shape index (κ2) is 5.34. The monoisotopic (exact) mass is 270 g/mol. The zero-order chi connectivity index (χ0) is 13.1. The minimum Gasteiger partial charge on any atom is -0.326 e. The first kappa shape index (κ1) is 12.1. The molecule has 2 heterocycles. The lowest BCUT2D eigenvalue weighted by molar-refractivity contribution is 0.944. The van der Waals surface area contributed by atoms with Gasteiger partial charge in [-0.2, -0.15) is 5.10 Å². The number of rotatable bonds is 4. The van der Waals surface area contributed by atoms with Crippen molar-refractivity contribution in [3.63, 3.8) is 0 Å². The summed E-state index contributed by atoms with van der Waals surface area (Å²) in [5.41, 5.74) is 8.09.